The van der Waals surface area contributed by atoms with Gasteiger partial charge in [-0.3, -0.25) is 4.90 Å². The summed E-state index contributed by atoms with van der Waals surface area (Å²) in [5.74, 6) is -0.137. The number of rotatable bonds is 9. The van der Waals surface area contributed by atoms with Crippen molar-refractivity contribution >= 4 is 28.6 Å². The number of benzene rings is 2. The van der Waals surface area contributed by atoms with Gasteiger partial charge in [-0.1, -0.05) is 17.7 Å². The fourth-order valence-electron chi connectivity index (χ4n) is 6.15. The minimum Gasteiger partial charge on any atom is -0.478 e. The van der Waals surface area contributed by atoms with Crippen LogP contribution in [0.2, 0.25) is 5.02 Å². The van der Waals surface area contributed by atoms with Gasteiger partial charge in [0.15, 0.2) is 0 Å². The number of pyridine rings is 1. The molecule has 0 bridgehead atoms. The molecule has 4 aromatic rings. The number of hydrogen-bond acceptors (Lipinski definition) is 6. The van der Waals surface area contributed by atoms with E-state index in [0.717, 1.165) is 43.0 Å². The van der Waals surface area contributed by atoms with Crippen LogP contribution in [0.15, 0.2) is 48.5 Å². The smallest absolute Gasteiger partial charge is 0.335 e. The number of piperidine rings is 1. The summed E-state index contributed by atoms with van der Waals surface area (Å²) in [6.45, 7) is 3.49. The number of carboxylic acids is 1. The number of aromatic carboxylic acids is 1. The molecule has 2 unspecified atom stereocenters. The molecule has 2 saturated heterocycles. The van der Waals surface area contributed by atoms with E-state index < -0.39 is 11.8 Å². The molecule has 4 heterocycles. The Bertz CT molecular complexity index is 1650. The predicted octanol–water partition coefficient (Wildman–Crippen LogP) is 5.27. The van der Waals surface area contributed by atoms with Gasteiger partial charge in [0.05, 0.1) is 41.5 Å². The minimum absolute atomic E-state index is 0.00221. The van der Waals surface area contributed by atoms with Gasteiger partial charge in [0, 0.05) is 42.3 Å². The van der Waals surface area contributed by atoms with Crippen molar-refractivity contribution in [2.24, 2.45) is 11.8 Å². The molecule has 3 fully saturated rings. The van der Waals surface area contributed by atoms with Crippen molar-refractivity contribution in [3.05, 3.63) is 87.8 Å². The Morgan fingerprint density at radius 2 is 1.88 bits per heavy atom. The number of hydrogen-bond donors (Lipinski definition) is 1. The Balaban J connectivity index is 1.04. The molecule has 1 aliphatic carbocycles. The zero-order chi connectivity index (χ0) is 28.2. The largest absolute Gasteiger partial charge is 0.478 e. The number of halogens is 3. The highest BCUT2D eigenvalue weighted by Gasteiger charge is 2.57. The van der Waals surface area contributed by atoms with Crippen LogP contribution in [-0.2, 0) is 24.4 Å². The third kappa shape index (κ3) is 5.05. The lowest BCUT2D eigenvalue weighted by atomic mass is 10.1. The van der Waals surface area contributed by atoms with E-state index in [1.165, 1.54) is 18.2 Å². The van der Waals surface area contributed by atoms with E-state index in [4.69, 9.17) is 26.1 Å². The number of fused-ring (bicyclic) bond motifs is 2. The summed E-state index contributed by atoms with van der Waals surface area (Å²) in [5.41, 5.74) is 2.51. The fourth-order valence-corrected chi connectivity index (χ4v) is 6.31. The van der Waals surface area contributed by atoms with Crippen molar-refractivity contribution in [1.29, 1.82) is 0 Å². The predicted molar refractivity (Wildman–Crippen MR) is 146 cm³/mol. The van der Waals surface area contributed by atoms with Crippen LogP contribution >= 0.6 is 11.6 Å². The highest BCUT2D eigenvalue weighted by molar-refractivity contribution is 6.30. The van der Waals surface area contributed by atoms with Crippen LogP contribution in [0.5, 0.6) is 5.88 Å². The lowest BCUT2D eigenvalue weighted by Gasteiger charge is -2.28. The third-order valence-electron chi connectivity index (χ3n) is 8.44. The van der Waals surface area contributed by atoms with E-state index in [0.29, 0.717) is 29.4 Å². The Morgan fingerprint density at radius 1 is 1.07 bits per heavy atom. The average molecular weight is 581 g/mol. The second-order valence-corrected chi connectivity index (χ2v) is 11.5. The van der Waals surface area contributed by atoms with E-state index in [2.05, 4.69) is 14.5 Å². The molecule has 11 heteroatoms. The first-order valence-corrected chi connectivity index (χ1v) is 14.0. The second kappa shape index (κ2) is 10.3. The molecule has 41 heavy (non-hydrogen) atoms. The van der Waals surface area contributed by atoms with Crippen LogP contribution in [0.4, 0.5) is 8.78 Å². The first-order valence-electron chi connectivity index (χ1n) is 13.6. The van der Waals surface area contributed by atoms with Crippen LogP contribution in [0, 0.1) is 23.5 Å². The Morgan fingerprint density at radius 3 is 2.59 bits per heavy atom. The molecule has 0 radical (unpaired) electrons. The molecule has 2 aromatic carbocycles. The zero-order valence-corrected chi connectivity index (χ0v) is 22.7. The van der Waals surface area contributed by atoms with Gasteiger partial charge in [0.2, 0.25) is 5.88 Å². The highest BCUT2D eigenvalue weighted by Crippen LogP contribution is 2.58. The molecule has 212 valence electrons. The van der Waals surface area contributed by atoms with Gasteiger partial charge in [-0.25, -0.2) is 23.5 Å². The van der Waals surface area contributed by atoms with Crippen LogP contribution in [0.3, 0.4) is 0 Å². The van der Waals surface area contributed by atoms with Crippen molar-refractivity contribution in [3.63, 3.8) is 0 Å². The molecule has 2 aliphatic heterocycles. The van der Waals surface area contributed by atoms with Crippen LogP contribution in [0.25, 0.3) is 11.0 Å². The molecule has 2 aromatic heterocycles. The first-order chi connectivity index (χ1) is 19.8. The van der Waals surface area contributed by atoms with Crippen LogP contribution < -0.4 is 4.74 Å². The first kappa shape index (κ1) is 26.3. The topological polar surface area (TPSA) is 89.7 Å². The minimum atomic E-state index is -0.973. The summed E-state index contributed by atoms with van der Waals surface area (Å²) < 4.78 is 42.4. The molecule has 0 spiro atoms. The molecule has 1 saturated carbocycles. The summed E-state index contributed by atoms with van der Waals surface area (Å²) in [7, 11) is 0. The fraction of sp³-hybridized carbons (Fsp3) is 0.367. The lowest BCUT2D eigenvalue weighted by molar-refractivity contribution is -0.0591. The third-order valence-corrected chi connectivity index (χ3v) is 8.68. The second-order valence-electron chi connectivity index (χ2n) is 11.0. The van der Waals surface area contributed by atoms with E-state index in [-0.39, 0.29) is 47.7 Å². The summed E-state index contributed by atoms with van der Waals surface area (Å²) in [6, 6.07) is 12.2. The van der Waals surface area contributed by atoms with Gasteiger partial charge >= 0.3 is 5.97 Å². The van der Waals surface area contributed by atoms with E-state index in [1.54, 1.807) is 30.3 Å². The number of likely N-dealkylation sites (tertiary alicyclic amines) is 1. The maximum atomic E-state index is 14.8. The van der Waals surface area contributed by atoms with Gasteiger partial charge in [-0.15, -0.1) is 0 Å². The highest BCUT2D eigenvalue weighted by atomic mass is 35.5. The number of nitrogens with zero attached hydrogens (tertiary/aromatic N) is 4. The van der Waals surface area contributed by atoms with Gasteiger partial charge in [0.25, 0.3) is 0 Å². The molecule has 7 rings (SSSR count). The average Bonchev–Trinajstić information content (AvgIpc) is 3.23. The van der Waals surface area contributed by atoms with Crippen LogP contribution in [-0.4, -0.2) is 56.3 Å². The quantitative estimate of drug-likeness (QED) is 0.288. The normalized spacial score (nSPS) is 23.4. The van der Waals surface area contributed by atoms with E-state index in [9.17, 15) is 18.7 Å². The molecule has 1 N–H and O–H groups in total. The van der Waals surface area contributed by atoms with Gasteiger partial charge in [-0.05, 0) is 54.7 Å². The monoisotopic (exact) mass is 580 g/mol. The number of imidazole rings is 1. The molecule has 3 atom stereocenters. The Labute approximate surface area is 239 Å². The standard InChI is InChI=1S/C30H27ClF2N4O4/c31-18-3-1-17(23(33)10-18)15-41-27-6-4-22(32)29(35-27)28-20-12-36(13-21(20)28)14-26-34-24-5-2-16(30(38)39)9-25(24)37(26)11-19-7-8-40-19/h1-6,9-10,19-21,28H,7-8,11-15H2,(H,38,39)/t19-,20?,21?,28?/m0/s1. The summed E-state index contributed by atoms with van der Waals surface area (Å²) in [5, 5.41) is 9.79. The zero-order valence-electron chi connectivity index (χ0n) is 22.0. The maximum Gasteiger partial charge on any atom is 0.335 e. The number of carboxylic acid groups (broad SMARTS) is 1. The Kier molecular flexibility index (Phi) is 6.64. The SMILES string of the molecule is O=C(O)c1ccc2nc(CN3CC4C(C3)C4c3nc(OCc4ccc(Cl)cc4F)ccc3F)n(C[C@@H]3CCO3)c2c1. The number of aromatic nitrogens is 3. The van der Waals surface area contributed by atoms with Crippen molar-refractivity contribution in [2.45, 2.75) is 38.1 Å². The Hall–Kier alpha value is -3.60. The van der Waals surface area contributed by atoms with E-state index in [1.807, 2.05) is 0 Å². The van der Waals surface area contributed by atoms with Crippen molar-refractivity contribution in [1.82, 2.24) is 19.4 Å². The van der Waals surface area contributed by atoms with Crippen LogP contribution in [0.1, 0.15) is 39.8 Å². The van der Waals surface area contributed by atoms with Gasteiger partial charge < -0.3 is 19.1 Å². The van der Waals surface area contributed by atoms with E-state index >= 15 is 0 Å². The van der Waals surface area contributed by atoms with Gasteiger partial charge in [-0.2, -0.15) is 0 Å². The van der Waals surface area contributed by atoms with Crippen molar-refractivity contribution < 1.29 is 28.2 Å². The van der Waals surface area contributed by atoms with Crippen molar-refractivity contribution in [3.8, 4) is 5.88 Å². The molecular weight excluding hydrogens is 554 g/mol. The number of carbonyl (C=O) groups is 1. The summed E-state index contributed by atoms with van der Waals surface area (Å²) in [6.07, 6.45) is 1.05. The summed E-state index contributed by atoms with van der Waals surface area (Å²) in [4.78, 5) is 23.2. The van der Waals surface area contributed by atoms with Gasteiger partial charge in [0.1, 0.15) is 24.1 Å². The molecule has 8 nitrogen and oxygen atoms in total. The molecule has 3 aliphatic rings. The maximum absolute atomic E-state index is 14.8. The molecule has 0 amide bonds. The van der Waals surface area contributed by atoms with Crippen molar-refractivity contribution in [2.75, 3.05) is 19.7 Å². The molecular formula is C30H27ClF2N4O4. The lowest BCUT2D eigenvalue weighted by Crippen LogP contribution is -2.33. The number of ether oxygens (including phenoxy) is 2. The summed E-state index contributed by atoms with van der Waals surface area (Å²) >= 11 is 5.82.